The number of hydrogen-bond donors (Lipinski definition) is 1. The normalized spacial score (nSPS) is 27.1. The van der Waals surface area contributed by atoms with E-state index in [-0.39, 0.29) is 17.9 Å². The molecule has 1 aromatic carbocycles. The third kappa shape index (κ3) is 3.11. The Kier molecular flexibility index (Phi) is 5.32. The number of fused-ring (bicyclic) bond motifs is 4. The highest BCUT2D eigenvalue weighted by molar-refractivity contribution is 7.99. The molecule has 0 spiro atoms. The smallest absolute Gasteiger partial charge is 0.336 e. The Morgan fingerprint density at radius 1 is 1.23 bits per heavy atom. The van der Waals surface area contributed by atoms with Gasteiger partial charge in [0.2, 0.25) is 0 Å². The zero-order valence-electron chi connectivity index (χ0n) is 15.6. The lowest BCUT2D eigenvalue weighted by atomic mass is 9.72. The van der Waals surface area contributed by atoms with Gasteiger partial charge in [0.15, 0.2) is 0 Å². The summed E-state index contributed by atoms with van der Waals surface area (Å²) >= 11 is 1.68. The molecule has 2 aliphatic heterocycles. The molecule has 6 heteroatoms. The van der Waals surface area contributed by atoms with Crippen LogP contribution < -0.4 is 5.32 Å². The Labute approximate surface area is 158 Å². The molecule has 2 aliphatic rings. The molecule has 3 rings (SSSR count). The molecular formula is C20H25NO4S. The van der Waals surface area contributed by atoms with Crippen molar-refractivity contribution in [3.05, 3.63) is 46.7 Å². The summed E-state index contributed by atoms with van der Waals surface area (Å²) in [6.45, 7) is 8.08. The minimum atomic E-state index is -0.560. The van der Waals surface area contributed by atoms with Crippen LogP contribution in [0.3, 0.4) is 0 Å². The van der Waals surface area contributed by atoms with Crippen molar-refractivity contribution in [2.45, 2.75) is 44.2 Å². The number of esters is 2. The molecule has 140 valence electrons. The van der Waals surface area contributed by atoms with Crippen LogP contribution in [0.5, 0.6) is 0 Å². The van der Waals surface area contributed by atoms with Crippen LogP contribution in [-0.2, 0) is 24.8 Å². The maximum absolute atomic E-state index is 13.0. The molecule has 5 nitrogen and oxygen atoms in total. The molecule has 0 saturated carbocycles. The summed E-state index contributed by atoms with van der Waals surface area (Å²) in [5.74, 6) is -0.800. The molecule has 1 aromatic rings. The Morgan fingerprint density at radius 3 is 2.62 bits per heavy atom. The van der Waals surface area contributed by atoms with Crippen molar-refractivity contribution >= 4 is 23.7 Å². The van der Waals surface area contributed by atoms with Crippen molar-refractivity contribution in [2.75, 3.05) is 13.2 Å². The molecule has 0 aliphatic carbocycles. The second kappa shape index (κ2) is 7.35. The van der Waals surface area contributed by atoms with Gasteiger partial charge in [0.05, 0.1) is 23.7 Å². The Hall–Kier alpha value is -1.95. The largest absolute Gasteiger partial charge is 0.466 e. The first kappa shape index (κ1) is 18.8. The van der Waals surface area contributed by atoms with Gasteiger partial charge in [-0.15, -0.1) is 11.8 Å². The number of hydrogen-bond acceptors (Lipinski definition) is 6. The molecule has 0 fully saturated rings. The first-order valence-corrected chi connectivity index (χ1v) is 9.96. The zero-order valence-corrected chi connectivity index (χ0v) is 16.4. The summed E-state index contributed by atoms with van der Waals surface area (Å²) in [5.41, 5.74) is 3.43. The van der Waals surface area contributed by atoms with Gasteiger partial charge in [0, 0.05) is 17.4 Å². The number of carbonyl (C=O) groups excluding carboxylic acids is 2. The summed E-state index contributed by atoms with van der Waals surface area (Å²) < 4.78 is 10.7. The lowest BCUT2D eigenvalue weighted by Gasteiger charge is -2.44. The highest BCUT2D eigenvalue weighted by Crippen LogP contribution is 2.52. The van der Waals surface area contributed by atoms with Crippen LogP contribution in [-0.4, -0.2) is 30.0 Å². The summed E-state index contributed by atoms with van der Waals surface area (Å²) in [6, 6.07) is 8.02. The number of benzene rings is 1. The van der Waals surface area contributed by atoms with Gasteiger partial charge in [0.1, 0.15) is 5.92 Å². The molecule has 0 radical (unpaired) electrons. The number of thioether (sulfide) groups is 1. The van der Waals surface area contributed by atoms with E-state index in [1.165, 1.54) is 0 Å². The number of allylic oxidation sites excluding steroid dienone is 1. The van der Waals surface area contributed by atoms with Crippen molar-refractivity contribution in [3.8, 4) is 0 Å². The Morgan fingerprint density at radius 2 is 1.92 bits per heavy atom. The molecule has 0 saturated heterocycles. The third-order valence-corrected chi connectivity index (χ3v) is 6.44. The quantitative estimate of drug-likeness (QED) is 0.814. The van der Waals surface area contributed by atoms with Crippen LogP contribution in [0, 0.1) is 5.92 Å². The summed E-state index contributed by atoms with van der Waals surface area (Å²) in [7, 11) is 0. The van der Waals surface area contributed by atoms with Crippen molar-refractivity contribution < 1.29 is 19.1 Å². The average Bonchev–Trinajstić information content (AvgIpc) is 2.68. The summed E-state index contributed by atoms with van der Waals surface area (Å²) in [6.07, 6.45) is 0. The molecule has 0 aromatic heterocycles. The van der Waals surface area contributed by atoms with Crippen LogP contribution in [0.2, 0.25) is 0 Å². The fraction of sp³-hybridized carbons (Fsp3) is 0.500. The van der Waals surface area contributed by atoms with Gasteiger partial charge in [-0.1, -0.05) is 24.3 Å². The van der Waals surface area contributed by atoms with Crippen LogP contribution in [0.25, 0.3) is 0 Å². The molecule has 2 heterocycles. The predicted molar refractivity (Wildman–Crippen MR) is 101 cm³/mol. The lowest BCUT2D eigenvalue weighted by molar-refractivity contribution is -0.150. The average molecular weight is 375 g/mol. The highest BCUT2D eigenvalue weighted by Gasteiger charge is 2.54. The predicted octanol–water partition coefficient (Wildman–Crippen LogP) is 3.35. The minimum Gasteiger partial charge on any atom is -0.466 e. The standard InChI is InChI=1S/C20H25NO4S/c1-5-24-18(22)15-12(3)21-20(4)17(19(23)25-6-2)16(15)14-10-8-7-9-13(14)11-26-20/h7-10,16-17,21H,5-6,11H2,1-4H3. The SMILES string of the molecule is CCOC(=O)C1=C(C)NC2(C)SCc3ccccc3C1C2C(=O)OCC. The maximum atomic E-state index is 13.0. The molecule has 26 heavy (non-hydrogen) atoms. The van der Waals surface area contributed by atoms with E-state index in [9.17, 15) is 9.59 Å². The van der Waals surface area contributed by atoms with Gasteiger partial charge in [0.25, 0.3) is 0 Å². The first-order valence-electron chi connectivity index (χ1n) is 8.97. The van der Waals surface area contributed by atoms with E-state index in [0.29, 0.717) is 18.8 Å². The van der Waals surface area contributed by atoms with Gasteiger partial charge in [-0.2, -0.15) is 0 Å². The number of nitrogens with one attached hydrogen (secondary N) is 1. The maximum Gasteiger partial charge on any atom is 0.336 e. The molecular weight excluding hydrogens is 350 g/mol. The van der Waals surface area contributed by atoms with Crippen LogP contribution >= 0.6 is 11.8 Å². The van der Waals surface area contributed by atoms with E-state index in [0.717, 1.165) is 22.6 Å². The topological polar surface area (TPSA) is 64.6 Å². The van der Waals surface area contributed by atoms with Crippen molar-refractivity contribution in [3.63, 3.8) is 0 Å². The number of carbonyl (C=O) groups is 2. The summed E-state index contributed by atoms with van der Waals surface area (Å²) in [4.78, 5) is 25.2. The molecule has 3 atom stereocenters. The fourth-order valence-corrected chi connectivity index (χ4v) is 5.33. The van der Waals surface area contributed by atoms with E-state index < -0.39 is 10.8 Å². The van der Waals surface area contributed by atoms with E-state index in [2.05, 4.69) is 11.4 Å². The molecule has 2 bridgehead atoms. The monoisotopic (exact) mass is 375 g/mol. The minimum absolute atomic E-state index is 0.286. The van der Waals surface area contributed by atoms with Crippen LogP contribution in [0.1, 0.15) is 44.7 Å². The van der Waals surface area contributed by atoms with Crippen molar-refractivity contribution in [1.29, 1.82) is 0 Å². The van der Waals surface area contributed by atoms with Gasteiger partial charge in [-0.05, 0) is 38.8 Å². The van der Waals surface area contributed by atoms with Gasteiger partial charge >= 0.3 is 11.9 Å². The van der Waals surface area contributed by atoms with Crippen LogP contribution in [0.4, 0.5) is 0 Å². The Balaban J connectivity index is 2.22. The van der Waals surface area contributed by atoms with E-state index in [4.69, 9.17) is 9.47 Å². The van der Waals surface area contributed by atoms with Gasteiger partial charge in [-0.3, -0.25) is 4.79 Å². The summed E-state index contributed by atoms with van der Waals surface area (Å²) in [5, 5.41) is 3.42. The molecule has 3 unspecified atom stereocenters. The number of ether oxygens (including phenoxy) is 2. The van der Waals surface area contributed by atoms with Crippen molar-refractivity contribution in [2.24, 2.45) is 5.92 Å². The van der Waals surface area contributed by atoms with E-state index in [1.54, 1.807) is 25.6 Å². The third-order valence-electron chi connectivity index (χ3n) is 5.03. The van der Waals surface area contributed by atoms with E-state index >= 15 is 0 Å². The first-order chi connectivity index (χ1) is 12.4. The second-order valence-corrected chi connectivity index (χ2v) is 8.11. The number of rotatable bonds is 4. The highest BCUT2D eigenvalue weighted by atomic mass is 32.2. The Bertz CT molecular complexity index is 760. The molecule has 1 N–H and O–H groups in total. The van der Waals surface area contributed by atoms with Gasteiger partial charge in [-0.25, -0.2) is 4.79 Å². The fourth-order valence-electron chi connectivity index (χ4n) is 3.97. The van der Waals surface area contributed by atoms with E-state index in [1.807, 2.05) is 32.0 Å². The lowest BCUT2D eigenvalue weighted by Crippen LogP contribution is -2.55. The van der Waals surface area contributed by atoms with Gasteiger partial charge < -0.3 is 14.8 Å². The van der Waals surface area contributed by atoms with Crippen LogP contribution in [0.15, 0.2) is 35.5 Å². The molecule has 0 amide bonds. The zero-order chi connectivity index (χ0) is 18.9. The second-order valence-electron chi connectivity index (χ2n) is 6.69. The van der Waals surface area contributed by atoms with Crippen molar-refractivity contribution in [1.82, 2.24) is 5.32 Å².